The number of methoxy groups -OCH3 is 1. The number of piperidine rings is 1. The number of hydrogen-bond acceptors (Lipinski definition) is 29. The minimum Gasteiger partial charge on any atom is -0.460 e. The Morgan fingerprint density at radius 2 is 1.41 bits per heavy atom. The number of piperazine rings is 1. The first-order chi connectivity index (χ1) is 64.0. The van der Waals surface area contributed by atoms with Crippen LogP contribution in [0.1, 0.15) is 182 Å². The number of nitrogens with zero attached hydrogens (tertiary/aromatic N) is 14. The molecule has 1 aliphatic carbocycles. The molecular formula is C97H128N18O17. The molecule has 0 radical (unpaired) electrons. The van der Waals surface area contributed by atoms with E-state index in [2.05, 4.69) is 58.3 Å². The van der Waals surface area contributed by atoms with Gasteiger partial charge in [0, 0.05) is 145 Å². The zero-order valence-electron chi connectivity index (χ0n) is 76.9. The van der Waals surface area contributed by atoms with E-state index in [0.29, 0.717) is 222 Å². The SMILES string of the molecule is CO[C@H]1CC2CCCC(O2)C(=O)C(=O)N2CCCC[C@H]2C(=O)O[C@H](CC[C@H]2CC[C@H](OC(=O)N3CCc4nc(N5CCN(c6ncc(C(=O)NCCOCCOCCOCCOCCC(=O)N7CCc8cc(Cn9nc(-c%10cnc%11[nH]ccc%11c%10)c%10c(N)ncnc%109)ccc8C7)c(N)n6)CC5)ncc4C3)CC2)CC(=O)[C@H](C)/C=C(\C)[C@@H](O)CC(=O)[C@H](C)C[C@H](C)/C=C/C=C/C=C/1C. The molecule has 6 aliphatic heterocycles. The summed E-state index contributed by atoms with van der Waals surface area (Å²) in [4.78, 5) is 155. The van der Waals surface area contributed by atoms with Crippen molar-refractivity contribution >= 4 is 92.7 Å². The molecule has 7 aliphatic rings. The Bertz CT molecular complexity index is 5310. The summed E-state index contributed by atoms with van der Waals surface area (Å²) in [6, 6.07) is 9.29. The Kier molecular flexibility index (Phi) is 34.3. The van der Waals surface area contributed by atoms with E-state index in [0.717, 1.165) is 63.8 Å². The summed E-state index contributed by atoms with van der Waals surface area (Å²) >= 11 is 0. The molecule has 6 aromatic heterocycles. The van der Waals surface area contributed by atoms with Crippen LogP contribution in [0.3, 0.4) is 0 Å². The van der Waals surface area contributed by atoms with Crippen molar-refractivity contribution in [3.8, 4) is 11.3 Å². The van der Waals surface area contributed by atoms with Gasteiger partial charge < -0.3 is 89.3 Å². The van der Waals surface area contributed by atoms with Gasteiger partial charge in [0.1, 0.15) is 65.2 Å². The van der Waals surface area contributed by atoms with Gasteiger partial charge in [0.2, 0.25) is 23.6 Å². The Balaban J connectivity index is 0.458. The van der Waals surface area contributed by atoms with E-state index in [9.17, 15) is 43.5 Å². The van der Waals surface area contributed by atoms with Gasteiger partial charge >= 0.3 is 12.1 Å². The highest BCUT2D eigenvalue weighted by Gasteiger charge is 2.43. The fraction of sp³-hybridized carbons (Fsp3) is 0.567. The maximum Gasteiger partial charge on any atom is 0.410 e. The molecule has 1 aromatic carbocycles. The lowest BCUT2D eigenvalue weighted by Crippen LogP contribution is -2.54. The number of pyridine rings is 1. The number of amides is 4. The van der Waals surface area contributed by atoms with Gasteiger partial charge in [0.05, 0.1) is 107 Å². The van der Waals surface area contributed by atoms with E-state index in [-0.39, 0.29) is 110 Å². The predicted molar refractivity (Wildman–Crippen MR) is 494 cm³/mol. The molecule has 2 bridgehead atoms. The van der Waals surface area contributed by atoms with Gasteiger partial charge in [-0.2, -0.15) is 10.1 Å². The lowest BCUT2D eigenvalue weighted by Gasteiger charge is -2.36. The van der Waals surface area contributed by atoms with Crippen molar-refractivity contribution in [3.05, 3.63) is 143 Å². The standard InChI is InChI=1S/C97H128N18O17/c1-61-13-8-7-9-14-62(2)83(125-6)52-74-15-12-17-82(130-74)87(120)93(122)114-32-11-10-16-78(114)94(123)131-75(51-79(116)64(4)48-65(5)81(118)53-80(117)63(3)47-61)25-21-66-19-23-73(24-20-66)132-97(124)113-34-28-77-72(59-113)55-103-95(107-77)110-35-37-111(38-36-110)96-104-56-76(88(98)108-96)92(121)101-31-40-127-42-44-129-46-45-128-43-41-126-39-29-84(119)112-33-27-68-49-67(18-22-70(68)58-112)57-115-91-85(89(99)105-60-106-91)86(109-115)71-50-69-26-30-100-90(69)102-54-71/h7-9,13-14,18,22,26,30,48-50,54-56,60-61,63-64,66,73-75,78,81-83,118H,10-12,15-17,19-21,23-25,27-29,31-47,51-53,57-59H2,1-6H3,(H,100,102)(H,101,121)(H2,98,104,108)(H2,99,105,106)/b9-7+,13-8+,62-14+,65-48+/t61-,63-,64-,66-,73-,74?,75-,78+,81+,82?,83+/m1/s1. The highest BCUT2D eigenvalue weighted by Crippen LogP contribution is 2.37. The van der Waals surface area contributed by atoms with Crippen molar-refractivity contribution in [2.75, 3.05) is 134 Å². The Morgan fingerprint density at radius 3 is 2.17 bits per heavy atom. The summed E-state index contributed by atoms with van der Waals surface area (Å²) in [6.45, 7) is 16.9. The largest absolute Gasteiger partial charge is 0.460 e. The number of ether oxygens (including phenoxy) is 8. The molecule has 9 atom stereocenters. The molecule has 2 unspecified atom stereocenters. The smallest absolute Gasteiger partial charge is 0.410 e. The highest BCUT2D eigenvalue weighted by atomic mass is 16.6. The number of Topliss-reactive ketones (excluding diaryl/α,β-unsaturated/α-hetero) is 3. The number of aromatic nitrogens is 10. The van der Waals surface area contributed by atoms with Crippen molar-refractivity contribution in [3.63, 3.8) is 0 Å². The number of aromatic amines is 1. The molecule has 708 valence electrons. The van der Waals surface area contributed by atoms with Gasteiger partial charge in [-0.15, -0.1) is 0 Å². The molecule has 4 fully saturated rings. The minimum atomic E-state index is -1.09. The summed E-state index contributed by atoms with van der Waals surface area (Å²) in [5, 5.41) is 20.7. The first kappa shape index (κ1) is 96.7. The van der Waals surface area contributed by atoms with Crippen molar-refractivity contribution in [1.29, 1.82) is 0 Å². The first-order valence-corrected chi connectivity index (χ1v) is 47.0. The number of esters is 1. The monoisotopic (exact) mass is 1820 g/mol. The Labute approximate surface area is 770 Å². The topological polar surface area (TPSA) is 435 Å². The number of cyclic esters (lactones) is 1. The van der Waals surface area contributed by atoms with E-state index in [1.165, 1.54) is 23.0 Å². The number of H-pyrrole nitrogens is 1. The second-order valence-electron chi connectivity index (χ2n) is 36.0. The number of ketones is 3. The Hall–Kier alpha value is -11.3. The maximum absolute atomic E-state index is 14.5. The molecule has 132 heavy (non-hydrogen) atoms. The van der Waals surface area contributed by atoms with E-state index in [4.69, 9.17) is 64.4 Å². The molecule has 0 spiro atoms. The van der Waals surface area contributed by atoms with Gasteiger partial charge in [0.25, 0.3) is 11.8 Å². The number of nitrogens with two attached hydrogens (primary N) is 2. The van der Waals surface area contributed by atoms with Crippen LogP contribution in [0.25, 0.3) is 33.3 Å². The summed E-state index contributed by atoms with van der Waals surface area (Å²) in [5.41, 5.74) is 22.3. The molecule has 1 saturated carbocycles. The summed E-state index contributed by atoms with van der Waals surface area (Å²) in [7, 11) is 1.63. The summed E-state index contributed by atoms with van der Waals surface area (Å²) in [6.07, 6.45) is 24.8. The molecule has 14 rings (SSSR count). The predicted octanol–water partition coefficient (Wildman–Crippen LogP) is 9.89. The van der Waals surface area contributed by atoms with E-state index in [1.807, 2.05) is 84.0 Å². The zero-order chi connectivity index (χ0) is 92.7. The van der Waals surface area contributed by atoms with Gasteiger partial charge in [0.15, 0.2) is 5.65 Å². The van der Waals surface area contributed by atoms with Crippen LogP contribution < -0.4 is 26.6 Å². The van der Waals surface area contributed by atoms with Crippen LogP contribution in [0.4, 0.5) is 28.3 Å². The van der Waals surface area contributed by atoms with Crippen molar-refractivity contribution in [2.45, 2.75) is 219 Å². The number of carbonyl (C=O) groups excluding carboxylic acids is 8. The van der Waals surface area contributed by atoms with Crippen LogP contribution in [0.15, 0.2) is 109 Å². The lowest BCUT2D eigenvalue weighted by atomic mass is 9.83. The van der Waals surface area contributed by atoms with Crippen LogP contribution in [-0.2, 0) is 99.1 Å². The van der Waals surface area contributed by atoms with Crippen LogP contribution >= 0.6 is 0 Å². The van der Waals surface area contributed by atoms with Crippen LogP contribution in [0, 0.1) is 23.7 Å². The second-order valence-corrected chi connectivity index (χ2v) is 36.0. The second kappa shape index (κ2) is 46.8. The molecule has 7 N–H and O–H groups in total. The van der Waals surface area contributed by atoms with Gasteiger partial charge in [-0.25, -0.2) is 44.2 Å². The average molecular weight is 1820 g/mol. The van der Waals surface area contributed by atoms with E-state index in [1.54, 1.807) is 44.3 Å². The summed E-state index contributed by atoms with van der Waals surface area (Å²) in [5.74, 6) is -2.19. The lowest BCUT2D eigenvalue weighted by molar-refractivity contribution is -0.167. The third-order valence-corrected chi connectivity index (χ3v) is 26.4. The minimum absolute atomic E-state index is 0.0388. The molecule has 35 heteroatoms. The van der Waals surface area contributed by atoms with Gasteiger partial charge in [-0.1, -0.05) is 75.4 Å². The number of anilines is 4. The van der Waals surface area contributed by atoms with Gasteiger partial charge in [-0.05, 0) is 156 Å². The third kappa shape index (κ3) is 25.7. The fourth-order valence-electron chi connectivity index (χ4n) is 18.6. The third-order valence-electron chi connectivity index (χ3n) is 26.4. The number of fused-ring (bicyclic) bond motifs is 7. The number of nitrogens with one attached hydrogen (secondary N) is 2. The number of nitrogen functional groups attached to an aromatic ring is 2. The number of rotatable bonds is 26. The van der Waals surface area contributed by atoms with Crippen LogP contribution in [0.2, 0.25) is 0 Å². The molecule has 35 nitrogen and oxygen atoms in total. The number of aliphatic hydroxyl groups excluding tert-OH is 1. The van der Waals surface area contributed by atoms with Crippen LogP contribution in [0.5, 0.6) is 0 Å². The Morgan fingerprint density at radius 1 is 0.674 bits per heavy atom. The van der Waals surface area contributed by atoms with Gasteiger partial charge in [-0.3, -0.25) is 28.8 Å². The fourth-order valence-corrected chi connectivity index (χ4v) is 18.6. The molecule has 4 amide bonds. The quantitative estimate of drug-likeness (QED) is 0.0146. The summed E-state index contributed by atoms with van der Waals surface area (Å²) < 4.78 is 49.3. The van der Waals surface area contributed by atoms with E-state index < -0.39 is 59.9 Å². The number of carbonyl (C=O) groups is 8. The number of hydrogen-bond donors (Lipinski definition) is 5. The van der Waals surface area contributed by atoms with E-state index >= 15 is 0 Å². The maximum atomic E-state index is 14.5. The van der Waals surface area contributed by atoms with Crippen molar-refractivity contribution < 1.29 is 81.4 Å². The zero-order valence-corrected chi connectivity index (χ0v) is 76.9. The first-order valence-electron chi connectivity index (χ1n) is 47.0. The number of benzene rings is 1. The molecule has 3 saturated heterocycles. The normalized spacial score (nSPS) is 25.1. The number of aliphatic hydroxyl groups is 1. The van der Waals surface area contributed by atoms with Crippen molar-refractivity contribution in [2.24, 2.45) is 23.7 Å². The highest BCUT2D eigenvalue weighted by molar-refractivity contribution is 6.38. The molecule has 12 heterocycles. The van der Waals surface area contributed by atoms with Crippen LogP contribution in [-0.4, -0.2) is 272 Å². The molecule has 7 aromatic rings. The average Bonchev–Trinajstić information content (AvgIpc) is 1.65. The molecular weight excluding hydrogens is 1690 g/mol. The number of allylic oxidation sites excluding steroid dienone is 6. The van der Waals surface area contributed by atoms with Crippen molar-refractivity contribution in [1.82, 2.24) is 69.7 Å².